The van der Waals surface area contributed by atoms with Crippen LogP contribution in [0, 0.1) is 0 Å². The molecule has 1 aliphatic rings. The number of amides is 1. The number of nitrogens with one attached hydrogen (secondary N) is 2. The van der Waals surface area contributed by atoms with Crippen LogP contribution < -0.4 is 10.6 Å². The van der Waals surface area contributed by atoms with Crippen molar-refractivity contribution in [2.75, 3.05) is 11.9 Å². The van der Waals surface area contributed by atoms with Gasteiger partial charge in [-0.3, -0.25) is 4.79 Å². The van der Waals surface area contributed by atoms with Gasteiger partial charge in [-0.15, -0.1) is 0 Å². The topological polar surface area (TPSA) is 41.1 Å². The van der Waals surface area contributed by atoms with Crippen LogP contribution in [0.15, 0.2) is 41.1 Å². The van der Waals surface area contributed by atoms with Crippen LogP contribution in [-0.4, -0.2) is 18.5 Å². The van der Waals surface area contributed by atoms with E-state index in [1.807, 2.05) is 12.1 Å². The van der Waals surface area contributed by atoms with E-state index in [0.717, 1.165) is 13.0 Å². The van der Waals surface area contributed by atoms with E-state index in [-0.39, 0.29) is 17.9 Å². The molecule has 2 N–H and O–H groups in total. The van der Waals surface area contributed by atoms with Crippen LogP contribution in [0.2, 0.25) is 0 Å². The minimum atomic E-state index is 0.140. The quantitative estimate of drug-likeness (QED) is 0.888. The first-order chi connectivity index (χ1) is 10.2. The second-order valence-electron chi connectivity index (χ2n) is 5.67. The van der Waals surface area contributed by atoms with Crippen molar-refractivity contribution in [3.8, 4) is 0 Å². The van der Waals surface area contributed by atoms with Gasteiger partial charge in [-0.2, -0.15) is 11.3 Å². The van der Waals surface area contributed by atoms with Gasteiger partial charge in [-0.25, -0.2) is 0 Å². The van der Waals surface area contributed by atoms with E-state index in [2.05, 4.69) is 46.5 Å². The smallest absolute Gasteiger partial charge is 0.220 e. The Morgan fingerprint density at radius 1 is 1.43 bits per heavy atom. The van der Waals surface area contributed by atoms with Crippen molar-refractivity contribution >= 4 is 22.9 Å². The lowest BCUT2D eigenvalue weighted by molar-refractivity contribution is -0.122. The van der Waals surface area contributed by atoms with Crippen LogP contribution in [0.4, 0.5) is 5.69 Å². The predicted molar refractivity (Wildman–Crippen MR) is 87.9 cm³/mol. The molecule has 2 heterocycles. The summed E-state index contributed by atoms with van der Waals surface area (Å²) < 4.78 is 0. The summed E-state index contributed by atoms with van der Waals surface area (Å²) in [5.41, 5.74) is 3.72. The molecular formula is C17H20N2OS. The first-order valence-corrected chi connectivity index (χ1v) is 8.30. The molecule has 0 aliphatic carbocycles. The van der Waals surface area contributed by atoms with Gasteiger partial charge in [0.05, 0.1) is 0 Å². The fourth-order valence-corrected chi connectivity index (χ4v) is 3.59. The minimum Gasteiger partial charge on any atom is -0.384 e. The zero-order valence-electron chi connectivity index (χ0n) is 12.1. The first-order valence-electron chi connectivity index (χ1n) is 7.35. The summed E-state index contributed by atoms with van der Waals surface area (Å²) in [6.07, 6.45) is 1.45. The SMILES string of the molecule is CC(Cc1ccsc1)NC(=O)CC1CNc2ccccc21. The van der Waals surface area contributed by atoms with Gasteiger partial charge in [0.2, 0.25) is 5.91 Å². The van der Waals surface area contributed by atoms with Gasteiger partial charge >= 0.3 is 0 Å². The Bertz CT molecular complexity index is 609. The molecule has 3 nitrogen and oxygen atoms in total. The maximum Gasteiger partial charge on any atom is 0.220 e. The molecule has 2 aromatic rings. The summed E-state index contributed by atoms with van der Waals surface area (Å²) in [6, 6.07) is 10.5. The summed E-state index contributed by atoms with van der Waals surface area (Å²) in [5.74, 6) is 0.427. The molecule has 0 fully saturated rings. The molecule has 2 unspecified atom stereocenters. The molecule has 1 aromatic heterocycles. The lowest BCUT2D eigenvalue weighted by atomic mass is 9.97. The van der Waals surface area contributed by atoms with Gasteiger partial charge in [-0.05, 0) is 47.4 Å². The number of para-hydroxylation sites is 1. The molecule has 110 valence electrons. The second-order valence-corrected chi connectivity index (χ2v) is 6.45. The molecule has 0 spiro atoms. The largest absolute Gasteiger partial charge is 0.384 e. The van der Waals surface area contributed by atoms with Crippen LogP contribution in [0.25, 0.3) is 0 Å². The van der Waals surface area contributed by atoms with Crippen LogP contribution in [0.3, 0.4) is 0 Å². The number of carbonyl (C=O) groups excluding carboxylic acids is 1. The Labute approximate surface area is 129 Å². The summed E-state index contributed by atoms with van der Waals surface area (Å²) >= 11 is 1.70. The highest BCUT2D eigenvalue weighted by Crippen LogP contribution is 2.33. The maximum absolute atomic E-state index is 12.2. The van der Waals surface area contributed by atoms with E-state index in [4.69, 9.17) is 0 Å². The standard InChI is InChI=1S/C17H20N2OS/c1-12(8-13-6-7-21-11-13)19-17(20)9-14-10-18-16-5-3-2-4-15(14)16/h2-7,11-12,14,18H,8-10H2,1H3,(H,19,20). The van der Waals surface area contributed by atoms with Gasteiger partial charge in [0.25, 0.3) is 0 Å². The highest BCUT2D eigenvalue weighted by atomic mass is 32.1. The second kappa shape index (κ2) is 6.31. The molecule has 2 atom stereocenters. The van der Waals surface area contributed by atoms with Gasteiger partial charge in [-0.1, -0.05) is 18.2 Å². The molecule has 4 heteroatoms. The van der Waals surface area contributed by atoms with Crippen LogP contribution in [0.1, 0.15) is 30.4 Å². The van der Waals surface area contributed by atoms with E-state index < -0.39 is 0 Å². The third-order valence-corrected chi connectivity index (χ3v) is 4.63. The van der Waals surface area contributed by atoms with Crippen LogP contribution in [-0.2, 0) is 11.2 Å². The van der Waals surface area contributed by atoms with Crippen molar-refractivity contribution in [2.45, 2.75) is 31.7 Å². The number of anilines is 1. The zero-order chi connectivity index (χ0) is 14.7. The summed E-state index contributed by atoms with van der Waals surface area (Å²) in [5, 5.41) is 10.7. The van der Waals surface area contributed by atoms with Gasteiger partial charge in [0.1, 0.15) is 0 Å². The summed E-state index contributed by atoms with van der Waals surface area (Å²) in [4.78, 5) is 12.2. The molecule has 0 saturated carbocycles. The minimum absolute atomic E-state index is 0.140. The number of fused-ring (bicyclic) bond motifs is 1. The van der Waals surface area contributed by atoms with E-state index in [0.29, 0.717) is 6.42 Å². The monoisotopic (exact) mass is 300 g/mol. The normalized spacial score (nSPS) is 17.9. The van der Waals surface area contributed by atoms with Crippen molar-refractivity contribution in [2.24, 2.45) is 0 Å². The highest BCUT2D eigenvalue weighted by molar-refractivity contribution is 7.07. The molecular weight excluding hydrogens is 280 g/mol. The van der Waals surface area contributed by atoms with Crippen molar-refractivity contribution in [3.63, 3.8) is 0 Å². The van der Waals surface area contributed by atoms with Gasteiger partial charge in [0.15, 0.2) is 0 Å². The first kappa shape index (κ1) is 14.1. The Hall–Kier alpha value is -1.81. The van der Waals surface area contributed by atoms with Crippen molar-refractivity contribution in [1.29, 1.82) is 0 Å². The Morgan fingerprint density at radius 3 is 3.10 bits per heavy atom. The average Bonchev–Trinajstić information content (AvgIpc) is 3.09. The Kier molecular flexibility index (Phi) is 4.25. The molecule has 0 bridgehead atoms. The third kappa shape index (κ3) is 3.45. The van der Waals surface area contributed by atoms with Crippen molar-refractivity contribution < 1.29 is 4.79 Å². The number of hydrogen-bond acceptors (Lipinski definition) is 3. The van der Waals surface area contributed by atoms with Gasteiger partial charge < -0.3 is 10.6 Å². The van der Waals surface area contributed by atoms with E-state index in [1.165, 1.54) is 16.8 Å². The predicted octanol–water partition coefficient (Wildman–Crippen LogP) is 3.39. The molecule has 1 amide bonds. The molecule has 1 aliphatic heterocycles. The zero-order valence-corrected chi connectivity index (χ0v) is 13.0. The van der Waals surface area contributed by atoms with E-state index >= 15 is 0 Å². The number of carbonyl (C=O) groups is 1. The van der Waals surface area contributed by atoms with Gasteiger partial charge in [0, 0.05) is 30.6 Å². The highest BCUT2D eigenvalue weighted by Gasteiger charge is 2.24. The van der Waals surface area contributed by atoms with Crippen molar-refractivity contribution in [3.05, 3.63) is 52.2 Å². The lowest BCUT2D eigenvalue weighted by Gasteiger charge is -2.15. The summed E-state index contributed by atoms with van der Waals surface area (Å²) in [7, 11) is 0. The maximum atomic E-state index is 12.2. The number of thiophene rings is 1. The fourth-order valence-electron chi connectivity index (χ4n) is 2.91. The average molecular weight is 300 g/mol. The van der Waals surface area contributed by atoms with Crippen LogP contribution in [0.5, 0.6) is 0 Å². The number of rotatable bonds is 5. The molecule has 3 rings (SSSR count). The van der Waals surface area contributed by atoms with E-state index in [9.17, 15) is 4.79 Å². The lowest BCUT2D eigenvalue weighted by Crippen LogP contribution is -2.35. The number of benzene rings is 1. The molecule has 1 aromatic carbocycles. The summed E-state index contributed by atoms with van der Waals surface area (Å²) in [6.45, 7) is 2.92. The van der Waals surface area contributed by atoms with Crippen LogP contribution >= 0.6 is 11.3 Å². The van der Waals surface area contributed by atoms with E-state index in [1.54, 1.807) is 11.3 Å². The molecule has 0 radical (unpaired) electrons. The molecule has 0 saturated heterocycles. The third-order valence-electron chi connectivity index (χ3n) is 3.90. The van der Waals surface area contributed by atoms with Crippen molar-refractivity contribution in [1.82, 2.24) is 5.32 Å². The fraction of sp³-hybridized carbons (Fsp3) is 0.353. The Balaban J connectivity index is 1.53. The number of hydrogen-bond donors (Lipinski definition) is 2. The Morgan fingerprint density at radius 2 is 2.29 bits per heavy atom. The molecule has 21 heavy (non-hydrogen) atoms.